The second kappa shape index (κ2) is 8.45. The van der Waals surface area contributed by atoms with E-state index < -0.39 is 6.43 Å². The Kier molecular flexibility index (Phi) is 6.02. The summed E-state index contributed by atoms with van der Waals surface area (Å²) in [5, 5.41) is 13.2. The standard InChI is InChI=1S/C21H24F2N4/c1-14(2)9-18-13-27(8-7-25-18)20-4-3-15(10-17(20)12-24)16-5-6-26-19(11-16)21(22)23/h3-6,10-11,14,18,21,25H,7-9,13H2,1-2H3. The van der Waals surface area contributed by atoms with Crippen molar-refractivity contribution in [1.29, 1.82) is 5.26 Å². The van der Waals surface area contributed by atoms with Crippen LogP contribution in [0.4, 0.5) is 14.5 Å². The molecule has 3 rings (SSSR count). The maximum atomic E-state index is 12.9. The number of benzene rings is 1. The van der Waals surface area contributed by atoms with Gasteiger partial charge in [-0.15, -0.1) is 0 Å². The number of pyridine rings is 1. The van der Waals surface area contributed by atoms with Crippen LogP contribution in [0.2, 0.25) is 0 Å². The molecule has 27 heavy (non-hydrogen) atoms. The van der Waals surface area contributed by atoms with Gasteiger partial charge in [-0.1, -0.05) is 19.9 Å². The van der Waals surface area contributed by atoms with Crippen LogP contribution in [-0.2, 0) is 0 Å². The number of halogens is 2. The zero-order chi connectivity index (χ0) is 19.4. The zero-order valence-corrected chi connectivity index (χ0v) is 15.6. The number of hydrogen-bond donors (Lipinski definition) is 1. The monoisotopic (exact) mass is 370 g/mol. The van der Waals surface area contributed by atoms with Crippen LogP contribution < -0.4 is 10.2 Å². The van der Waals surface area contributed by atoms with Crippen molar-refractivity contribution in [1.82, 2.24) is 10.3 Å². The first kappa shape index (κ1) is 19.2. The molecule has 0 bridgehead atoms. The minimum atomic E-state index is -2.61. The molecule has 1 aliphatic rings. The van der Waals surface area contributed by atoms with Gasteiger partial charge in [-0.3, -0.25) is 4.98 Å². The van der Waals surface area contributed by atoms with Crippen LogP contribution in [0, 0.1) is 17.2 Å². The first-order valence-corrected chi connectivity index (χ1v) is 9.25. The number of nitrogens with zero attached hydrogens (tertiary/aromatic N) is 3. The number of rotatable bonds is 5. The molecule has 1 N–H and O–H groups in total. The average molecular weight is 370 g/mol. The predicted octanol–water partition coefficient (Wildman–Crippen LogP) is 4.38. The quantitative estimate of drug-likeness (QED) is 0.848. The minimum Gasteiger partial charge on any atom is -0.368 e. The highest BCUT2D eigenvalue weighted by Gasteiger charge is 2.22. The SMILES string of the molecule is CC(C)CC1CN(c2ccc(-c3ccnc(C(F)F)c3)cc2C#N)CCN1. The Balaban J connectivity index is 1.87. The van der Waals surface area contributed by atoms with E-state index in [2.05, 4.69) is 35.1 Å². The van der Waals surface area contributed by atoms with E-state index in [1.54, 1.807) is 12.1 Å². The van der Waals surface area contributed by atoms with Gasteiger partial charge in [0.15, 0.2) is 0 Å². The summed E-state index contributed by atoms with van der Waals surface area (Å²) in [6.07, 6.45) is -0.147. The number of piperazine rings is 1. The van der Waals surface area contributed by atoms with Crippen molar-refractivity contribution in [3.8, 4) is 17.2 Å². The lowest BCUT2D eigenvalue weighted by molar-refractivity contribution is 0.146. The molecule has 0 amide bonds. The average Bonchev–Trinajstić information content (AvgIpc) is 2.67. The molecule has 1 aromatic carbocycles. The van der Waals surface area contributed by atoms with Crippen molar-refractivity contribution < 1.29 is 8.78 Å². The van der Waals surface area contributed by atoms with E-state index in [-0.39, 0.29) is 5.69 Å². The lowest BCUT2D eigenvalue weighted by Crippen LogP contribution is -2.51. The fourth-order valence-corrected chi connectivity index (χ4v) is 3.60. The summed E-state index contributed by atoms with van der Waals surface area (Å²) in [5.41, 5.74) is 2.59. The van der Waals surface area contributed by atoms with Crippen LogP contribution in [0.5, 0.6) is 0 Å². The van der Waals surface area contributed by atoms with Crippen LogP contribution in [0.3, 0.4) is 0 Å². The Labute approximate surface area is 158 Å². The molecule has 0 saturated carbocycles. The molecule has 1 aromatic heterocycles. The van der Waals surface area contributed by atoms with E-state index in [0.29, 0.717) is 23.1 Å². The fourth-order valence-electron chi connectivity index (χ4n) is 3.60. The van der Waals surface area contributed by atoms with Crippen molar-refractivity contribution in [2.75, 3.05) is 24.5 Å². The van der Waals surface area contributed by atoms with Crippen molar-refractivity contribution in [2.45, 2.75) is 32.7 Å². The Bertz CT molecular complexity index is 829. The van der Waals surface area contributed by atoms with Crippen molar-refractivity contribution in [3.05, 3.63) is 47.8 Å². The molecule has 4 nitrogen and oxygen atoms in total. The number of hydrogen-bond acceptors (Lipinski definition) is 4. The largest absolute Gasteiger partial charge is 0.368 e. The van der Waals surface area contributed by atoms with Gasteiger partial charge in [0.25, 0.3) is 6.43 Å². The molecule has 0 radical (unpaired) electrons. The smallest absolute Gasteiger partial charge is 0.280 e. The van der Waals surface area contributed by atoms with Gasteiger partial charge in [0.2, 0.25) is 0 Å². The third kappa shape index (κ3) is 4.61. The van der Waals surface area contributed by atoms with E-state index in [0.717, 1.165) is 37.3 Å². The second-order valence-electron chi connectivity index (χ2n) is 7.34. The topological polar surface area (TPSA) is 52.0 Å². The first-order chi connectivity index (χ1) is 13.0. The highest BCUT2D eigenvalue weighted by atomic mass is 19.3. The Morgan fingerprint density at radius 2 is 2.04 bits per heavy atom. The van der Waals surface area contributed by atoms with Crippen LogP contribution in [-0.4, -0.2) is 30.7 Å². The van der Waals surface area contributed by atoms with Gasteiger partial charge in [0.1, 0.15) is 11.8 Å². The number of nitriles is 1. The molecular formula is C21H24F2N4. The van der Waals surface area contributed by atoms with Gasteiger partial charge in [-0.05, 0) is 47.7 Å². The van der Waals surface area contributed by atoms with Gasteiger partial charge in [0, 0.05) is 31.9 Å². The molecule has 1 aliphatic heterocycles. The lowest BCUT2D eigenvalue weighted by Gasteiger charge is -2.36. The van der Waals surface area contributed by atoms with Crippen LogP contribution in [0.1, 0.15) is 38.0 Å². The lowest BCUT2D eigenvalue weighted by atomic mass is 9.99. The maximum Gasteiger partial charge on any atom is 0.280 e. The summed E-state index contributed by atoms with van der Waals surface area (Å²) < 4.78 is 25.8. The van der Waals surface area contributed by atoms with Gasteiger partial charge in [-0.25, -0.2) is 8.78 Å². The molecule has 2 heterocycles. The summed E-state index contributed by atoms with van der Waals surface area (Å²) >= 11 is 0. The van der Waals surface area contributed by atoms with Crippen molar-refractivity contribution in [3.63, 3.8) is 0 Å². The molecule has 6 heteroatoms. The highest BCUT2D eigenvalue weighted by molar-refractivity contribution is 5.71. The second-order valence-corrected chi connectivity index (χ2v) is 7.34. The maximum absolute atomic E-state index is 12.9. The number of alkyl halides is 2. The van der Waals surface area contributed by atoms with Gasteiger partial charge in [0.05, 0.1) is 11.3 Å². The minimum absolute atomic E-state index is 0.256. The predicted molar refractivity (Wildman–Crippen MR) is 103 cm³/mol. The molecule has 2 aromatic rings. The summed E-state index contributed by atoms with van der Waals surface area (Å²) in [4.78, 5) is 5.94. The molecule has 1 saturated heterocycles. The number of anilines is 1. The van der Waals surface area contributed by atoms with Gasteiger partial charge >= 0.3 is 0 Å². The number of nitrogens with one attached hydrogen (secondary N) is 1. The van der Waals surface area contributed by atoms with E-state index in [1.165, 1.54) is 12.3 Å². The fraction of sp³-hybridized carbons (Fsp3) is 0.429. The van der Waals surface area contributed by atoms with Crippen LogP contribution >= 0.6 is 0 Å². The van der Waals surface area contributed by atoms with Crippen molar-refractivity contribution in [2.24, 2.45) is 5.92 Å². The van der Waals surface area contributed by atoms with Gasteiger partial charge in [-0.2, -0.15) is 5.26 Å². The highest BCUT2D eigenvalue weighted by Crippen LogP contribution is 2.30. The summed E-state index contributed by atoms with van der Waals surface area (Å²) in [5.74, 6) is 0.607. The molecule has 1 unspecified atom stereocenters. The molecule has 0 spiro atoms. The molecular weight excluding hydrogens is 346 g/mol. The summed E-state index contributed by atoms with van der Waals surface area (Å²) in [6, 6.07) is 11.3. The Morgan fingerprint density at radius 1 is 1.26 bits per heavy atom. The van der Waals surface area contributed by atoms with E-state index >= 15 is 0 Å². The summed E-state index contributed by atoms with van der Waals surface area (Å²) in [7, 11) is 0. The molecule has 1 fully saturated rings. The van der Waals surface area contributed by atoms with E-state index in [1.807, 2.05) is 12.1 Å². The Hall–Kier alpha value is -2.52. The van der Waals surface area contributed by atoms with Crippen molar-refractivity contribution >= 4 is 5.69 Å². The Morgan fingerprint density at radius 3 is 2.74 bits per heavy atom. The molecule has 142 valence electrons. The van der Waals surface area contributed by atoms with E-state index in [9.17, 15) is 14.0 Å². The summed E-state index contributed by atoms with van der Waals surface area (Å²) in [6.45, 7) is 6.99. The van der Waals surface area contributed by atoms with Gasteiger partial charge < -0.3 is 10.2 Å². The normalized spacial score (nSPS) is 17.4. The van der Waals surface area contributed by atoms with Crippen LogP contribution in [0.15, 0.2) is 36.5 Å². The molecule has 1 atom stereocenters. The zero-order valence-electron chi connectivity index (χ0n) is 15.6. The third-order valence-corrected chi connectivity index (χ3v) is 4.81. The van der Waals surface area contributed by atoms with E-state index in [4.69, 9.17) is 0 Å². The third-order valence-electron chi connectivity index (χ3n) is 4.81. The number of aromatic nitrogens is 1. The molecule has 0 aliphatic carbocycles. The van der Waals surface area contributed by atoms with Crippen LogP contribution in [0.25, 0.3) is 11.1 Å². The first-order valence-electron chi connectivity index (χ1n) is 9.25.